The fraction of sp³-hybridized carbons (Fsp3) is 0.696. The van der Waals surface area contributed by atoms with Crippen LogP contribution in [0.1, 0.15) is 181 Å². The van der Waals surface area contributed by atoms with E-state index in [1.807, 2.05) is 24.3 Å². The number of rotatable bonds is 31. The summed E-state index contributed by atoms with van der Waals surface area (Å²) in [6.45, 7) is 10.2. The number of Topliss-reactive ketones (excluding diaryl/α,β-unsaturated/α-hetero) is 1. The second-order valence-corrected chi connectivity index (χ2v) is 18.5. The van der Waals surface area contributed by atoms with Gasteiger partial charge in [-0.2, -0.15) is 0 Å². The number of nitrogens with zero attached hydrogens (tertiary/aromatic N) is 1. The number of benzene rings is 2. The first kappa shape index (κ1) is 47.4. The molecule has 1 atom stereocenters. The van der Waals surface area contributed by atoms with Crippen LogP contribution in [0.3, 0.4) is 0 Å². The standard InChI is InChI=1S/C46H76N2O5S/c1-7-9-11-13-15-16-17-18-19-20-21-22-23-24-26-28-38-48(6)54(51,52)42-36-34-41(35-37-42)53-43(44(49)46(3,4)5)45(50)47-40-32-30-39(31-33-40)29-27-25-14-12-10-8-2/h30-37,43H,7-29,38H2,1-6H3,(H,47,50). The summed E-state index contributed by atoms with van der Waals surface area (Å²) in [5, 5.41) is 2.85. The molecule has 0 aliphatic rings. The molecule has 0 heterocycles. The SMILES string of the molecule is CCCCCCCCCCCCCCCCCCN(C)S(=O)(=O)c1ccc(OC(C(=O)Nc2ccc(CCCCCCCC)cc2)C(=O)C(C)(C)C)cc1. The largest absolute Gasteiger partial charge is 0.473 e. The summed E-state index contributed by atoms with van der Waals surface area (Å²) in [7, 11) is -2.07. The fourth-order valence-corrected chi connectivity index (χ4v) is 7.91. The van der Waals surface area contributed by atoms with E-state index in [9.17, 15) is 18.0 Å². The molecule has 1 N–H and O–H groups in total. The predicted octanol–water partition coefficient (Wildman–Crippen LogP) is 12.5. The lowest BCUT2D eigenvalue weighted by Crippen LogP contribution is -2.45. The van der Waals surface area contributed by atoms with Crippen molar-refractivity contribution in [3.8, 4) is 5.75 Å². The summed E-state index contributed by atoms with van der Waals surface area (Å²) in [5.41, 5.74) is 0.977. The number of hydrogen-bond donors (Lipinski definition) is 1. The third-order valence-corrected chi connectivity index (χ3v) is 12.2. The Morgan fingerprint density at radius 1 is 0.630 bits per heavy atom. The Bertz CT molecular complexity index is 1400. The topological polar surface area (TPSA) is 92.8 Å². The second kappa shape index (κ2) is 27.0. The average Bonchev–Trinajstić information content (AvgIpc) is 3.15. The quantitative estimate of drug-likeness (QED) is 0.0609. The van der Waals surface area contributed by atoms with Crippen molar-refractivity contribution in [3.05, 3.63) is 54.1 Å². The van der Waals surface area contributed by atoms with Crippen LogP contribution < -0.4 is 10.1 Å². The molecule has 2 aromatic rings. The van der Waals surface area contributed by atoms with Gasteiger partial charge in [-0.25, -0.2) is 12.7 Å². The van der Waals surface area contributed by atoms with E-state index in [0.29, 0.717) is 12.2 Å². The molecule has 1 amide bonds. The van der Waals surface area contributed by atoms with Crippen LogP contribution in [0.5, 0.6) is 5.75 Å². The lowest BCUT2D eigenvalue weighted by molar-refractivity contribution is -0.140. The highest BCUT2D eigenvalue weighted by Crippen LogP contribution is 2.25. The summed E-state index contributed by atoms with van der Waals surface area (Å²) < 4.78 is 34.0. The molecule has 0 aliphatic heterocycles. The average molecular weight is 769 g/mol. The number of amides is 1. The van der Waals surface area contributed by atoms with Crippen LogP contribution >= 0.6 is 0 Å². The number of hydrogen-bond acceptors (Lipinski definition) is 5. The summed E-state index contributed by atoms with van der Waals surface area (Å²) in [4.78, 5) is 27.0. The monoisotopic (exact) mass is 769 g/mol. The molecule has 0 radical (unpaired) electrons. The van der Waals surface area contributed by atoms with Gasteiger partial charge in [-0.3, -0.25) is 9.59 Å². The van der Waals surface area contributed by atoms with E-state index in [0.717, 1.165) is 32.1 Å². The number of sulfonamides is 1. The number of ketones is 1. The molecule has 0 spiro atoms. The van der Waals surface area contributed by atoms with Gasteiger partial charge in [0.25, 0.3) is 5.91 Å². The number of aryl methyl sites for hydroxylation is 1. The molecule has 306 valence electrons. The van der Waals surface area contributed by atoms with Crippen molar-refractivity contribution in [3.63, 3.8) is 0 Å². The lowest BCUT2D eigenvalue weighted by atomic mass is 9.87. The van der Waals surface area contributed by atoms with E-state index in [4.69, 9.17) is 4.74 Å². The van der Waals surface area contributed by atoms with E-state index in [1.54, 1.807) is 27.8 Å². The second-order valence-electron chi connectivity index (χ2n) is 16.4. The zero-order valence-electron chi connectivity index (χ0n) is 35.1. The van der Waals surface area contributed by atoms with Crippen molar-refractivity contribution in [2.75, 3.05) is 18.9 Å². The number of unbranched alkanes of at least 4 members (excludes halogenated alkanes) is 20. The molecule has 54 heavy (non-hydrogen) atoms. The van der Waals surface area contributed by atoms with Gasteiger partial charge in [0.1, 0.15) is 5.75 Å². The minimum absolute atomic E-state index is 0.151. The normalized spacial score (nSPS) is 12.6. The first-order chi connectivity index (χ1) is 25.9. The molecule has 1 unspecified atom stereocenters. The Labute approximate surface area is 330 Å². The van der Waals surface area contributed by atoms with Crippen molar-refractivity contribution >= 4 is 27.4 Å². The van der Waals surface area contributed by atoms with Gasteiger partial charge in [-0.15, -0.1) is 0 Å². The van der Waals surface area contributed by atoms with Crippen molar-refractivity contribution < 1.29 is 22.7 Å². The van der Waals surface area contributed by atoms with Crippen LogP contribution in [0.4, 0.5) is 5.69 Å². The number of anilines is 1. The molecule has 8 heteroatoms. The highest BCUT2D eigenvalue weighted by molar-refractivity contribution is 7.89. The summed E-state index contributed by atoms with van der Waals surface area (Å²) in [5.74, 6) is -0.676. The Kier molecular flexibility index (Phi) is 23.7. The molecule has 2 rings (SSSR count). The summed E-state index contributed by atoms with van der Waals surface area (Å²) in [6.07, 6.45) is 27.5. The molecule has 0 aromatic heterocycles. The highest BCUT2D eigenvalue weighted by atomic mass is 32.2. The lowest BCUT2D eigenvalue weighted by Gasteiger charge is -2.25. The van der Waals surface area contributed by atoms with Gasteiger partial charge in [0.15, 0.2) is 5.78 Å². The minimum atomic E-state index is -3.69. The third-order valence-electron chi connectivity index (χ3n) is 10.4. The highest BCUT2D eigenvalue weighted by Gasteiger charge is 2.37. The fourth-order valence-electron chi connectivity index (χ4n) is 6.70. The third kappa shape index (κ3) is 19.2. The van der Waals surface area contributed by atoms with Crippen molar-refractivity contribution in [2.24, 2.45) is 5.41 Å². The van der Waals surface area contributed by atoms with Crippen LogP contribution in [-0.2, 0) is 26.0 Å². The van der Waals surface area contributed by atoms with Gasteiger partial charge < -0.3 is 10.1 Å². The van der Waals surface area contributed by atoms with Gasteiger partial charge in [0.05, 0.1) is 4.90 Å². The summed E-state index contributed by atoms with van der Waals surface area (Å²) in [6, 6.07) is 13.7. The van der Waals surface area contributed by atoms with Crippen molar-refractivity contribution in [1.82, 2.24) is 4.31 Å². The first-order valence-corrected chi connectivity index (χ1v) is 23.0. The molecule has 0 aliphatic carbocycles. The Morgan fingerprint density at radius 2 is 1.06 bits per heavy atom. The Hall–Kier alpha value is -2.71. The Balaban J connectivity index is 1.79. The molecule has 0 saturated carbocycles. The van der Waals surface area contributed by atoms with Gasteiger partial charge in [-0.05, 0) is 61.2 Å². The minimum Gasteiger partial charge on any atom is -0.473 e. The number of carbonyl (C=O) groups excluding carboxylic acids is 2. The molecule has 0 fully saturated rings. The maximum Gasteiger partial charge on any atom is 0.273 e. The molecular weight excluding hydrogens is 693 g/mol. The van der Waals surface area contributed by atoms with Gasteiger partial charge >= 0.3 is 0 Å². The van der Waals surface area contributed by atoms with E-state index in [-0.39, 0.29) is 16.4 Å². The van der Waals surface area contributed by atoms with Gasteiger partial charge in [-0.1, -0.05) is 175 Å². The van der Waals surface area contributed by atoms with Crippen LogP contribution in [0.25, 0.3) is 0 Å². The van der Waals surface area contributed by atoms with Crippen LogP contribution in [0.2, 0.25) is 0 Å². The molecule has 0 saturated heterocycles. The first-order valence-electron chi connectivity index (χ1n) is 21.6. The maximum absolute atomic E-state index is 13.4. The molecule has 7 nitrogen and oxygen atoms in total. The number of ether oxygens (including phenoxy) is 1. The maximum atomic E-state index is 13.4. The van der Waals surface area contributed by atoms with E-state index < -0.39 is 27.4 Å². The zero-order valence-corrected chi connectivity index (χ0v) is 35.9. The van der Waals surface area contributed by atoms with Crippen LogP contribution in [-0.4, -0.2) is 44.1 Å². The van der Waals surface area contributed by atoms with E-state index >= 15 is 0 Å². The van der Waals surface area contributed by atoms with Gasteiger partial charge in [0, 0.05) is 24.7 Å². The van der Waals surface area contributed by atoms with E-state index in [2.05, 4.69) is 19.2 Å². The number of nitrogens with one attached hydrogen (secondary N) is 1. The zero-order chi connectivity index (χ0) is 39.7. The Morgan fingerprint density at radius 3 is 1.50 bits per heavy atom. The molecule has 2 aromatic carbocycles. The van der Waals surface area contributed by atoms with Crippen molar-refractivity contribution in [2.45, 2.75) is 193 Å². The van der Waals surface area contributed by atoms with Crippen LogP contribution in [0.15, 0.2) is 53.4 Å². The van der Waals surface area contributed by atoms with Crippen LogP contribution in [0, 0.1) is 5.41 Å². The van der Waals surface area contributed by atoms with E-state index in [1.165, 1.54) is 150 Å². The summed E-state index contributed by atoms with van der Waals surface area (Å²) >= 11 is 0. The predicted molar refractivity (Wildman–Crippen MR) is 227 cm³/mol. The van der Waals surface area contributed by atoms with Crippen molar-refractivity contribution in [1.29, 1.82) is 0 Å². The van der Waals surface area contributed by atoms with Gasteiger partial charge in [0.2, 0.25) is 16.1 Å². The smallest absolute Gasteiger partial charge is 0.273 e. The molecule has 0 bridgehead atoms. The number of carbonyl (C=O) groups is 2. The molecular formula is C46H76N2O5S.